The Labute approximate surface area is 109 Å². The van der Waals surface area contributed by atoms with Crippen molar-refractivity contribution in [1.82, 2.24) is 10.3 Å². The Morgan fingerprint density at radius 2 is 2.32 bits per heavy atom. The van der Waals surface area contributed by atoms with Gasteiger partial charge in [-0.25, -0.2) is 8.78 Å². The quantitative estimate of drug-likeness (QED) is 0.855. The van der Waals surface area contributed by atoms with Gasteiger partial charge in [-0.1, -0.05) is 0 Å². The van der Waals surface area contributed by atoms with Gasteiger partial charge < -0.3 is 10.1 Å². The van der Waals surface area contributed by atoms with E-state index in [0.29, 0.717) is 23.9 Å². The first-order valence-corrected chi connectivity index (χ1v) is 6.24. The van der Waals surface area contributed by atoms with Crippen molar-refractivity contribution < 1.29 is 18.3 Å². The first-order chi connectivity index (χ1) is 9.10. The first-order valence-electron chi connectivity index (χ1n) is 6.24. The lowest BCUT2D eigenvalue weighted by molar-refractivity contribution is -0.124. The predicted octanol–water partition coefficient (Wildman–Crippen LogP) is 1.75. The van der Waals surface area contributed by atoms with Crippen LogP contribution in [0.3, 0.4) is 0 Å². The highest BCUT2D eigenvalue weighted by Gasteiger charge is 2.74. The number of ether oxygens (including phenoxy) is 1. The average Bonchev–Trinajstić information content (AvgIpc) is 3.23. The zero-order valence-corrected chi connectivity index (χ0v) is 10.2. The average molecular weight is 268 g/mol. The number of carbonyl (C=O) groups is 1. The summed E-state index contributed by atoms with van der Waals surface area (Å²) in [5, 5.41) is 2.83. The van der Waals surface area contributed by atoms with E-state index in [0.717, 1.165) is 12.8 Å². The van der Waals surface area contributed by atoms with E-state index >= 15 is 0 Å². The summed E-state index contributed by atoms with van der Waals surface area (Å²) in [6.45, 7) is -0.334. The SMILES string of the molecule is O=C(NCc1cc(OCC(F)F)ccn1)C12CC1C2. The zero-order chi connectivity index (χ0) is 13.5. The van der Waals surface area contributed by atoms with Gasteiger partial charge in [-0.3, -0.25) is 9.78 Å². The molecule has 0 saturated heterocycles. The minimum atomic E-state index is -2.50. The number of alkyl halides is 2. The highest BCUT2D eigenvalue weighted by atomic mass is 19.3. The molecule has 3 rings (SSSR count). The van der Waals surface area contributed by atoms with E-state index < -0.39 is 13.0 Å². The molecule has 0 bridgehead atoms. The van der Waals surface area contributed by atoms with Gasteiger partial charge in [0.1, 0.15) is 12.4 Å². The molecule has 1 aromatic rings. The topological polar surface area (TPSA) is 51.2 Å². The fourth-order valence-electron chi connectivity index (χ4n) is 2.22. The van der Waals surface area contributed by atoms with Crippen LogP contribution in [0.15, 0.2) is 18.3 Å². The van der Waals surface area contributed by atoms with E-state index in [1.54, 1.807) is 6.07 Å². The molecule has 2 aliphatic carbocycles. The molecule has 1 N–H and O–H groups in total. The van der Waals surface area contributed by atoms with Crippen LogP contribution in [0.4, 0.5) is 8.78 Å². The second-order valence-corrected chi connectivity index (χ2v) is 5.13. The molecule has 2 aliphatic rings. The maximum atomic E-state index is 12.0. The number of amides is 1. The van der Waals surface area contributed by atoms with Crippen molar-refractivity contribution >= 4 is 5.91 Å². The number of fused-ring (bicyclic) bond motifs is 1. The lowest BCUT2D eigenvalue weighted by Crippen LogP contribution is -2.27. The summed E-state index contributed by atoms with van der Waals surface area (Å²) < 4.78 is 28.9. The number of hydrogen-bond donors (Lipinski definition) is 1. The van der Waals surface area contributed by atoms with Crippen molar-refractivity contribution in [3.8, 4) is 5.75 Å². The van der Waals surface area contributed by atoms with Gasteiger partial charge in [-0.15, -0.1) is 0 Å². The number of nitrogens with one attached hydrogen (secondary N) is 1. The van der Waals surface area contributed by atoms with Gasteiger partial charge in [0.2, 0.25) is 5.91 Å². The third-order valence-corrected chi connectivity index (χ3v) is 3.73. The molecule has 1 heterocycles. The smallest absolute Gasteiger partial charge is 0.272 e. The second kappa shape index (κ2) is 4.43. The van der Waals surface area contributed by atoms with Crippen molar-refractivity contribution in [2.75, 3.05) is 6.61 Å². The van der Waals surface area contributed by atoms with Crippen molar-refractivity contribution in [3.63, 3.8) is 0 Å². The van der Waals surface area contributed by atoms with Crippen LogP contribution < -0.4 is 10.1 Å². The van der Waals surface area contributed by atoms with Gasteiger partial charge in [0.25, 0.3) is 6.43 Å². The molecule has 0 aliphatic heterocycles. The largest absolute Gasteiger partial charge is 0.488 e. The molecule has 19 heavy (non-hydrogen) atoms. The lowest BCUT2D eigenvalue weighted by Gasteiger charge is -2.09. The summed E-state index contributed by atoms with van der Waals surface area (Å²) in [5.74, 6) is 1.02. The number of hydrogen-bond acceptors (Lipinski definition) is 3. The van der Waals surface area contributed by atoms with E-state index in [4.69, 9.17) is 4.74 Å². The van der Waals surface area contributed by atoms with Gasteiger partial charge >= 0.3 is 0 Å². The van der Waals surface area contributed by atoms with Crippen molar-refractivity contribution in [2.24, 2.45) is 11.3 Å². The Morgan fingerprint density at radius 3 is 2.95 bits per heavy atom. The monoisotopic (exact) mass is 268 g/mol. The summed E-state index contributed by atoms with van der Waals surface area (Å²) in [4.78, 5) is 15.8. The molecule has 2 fully saturated rings. The summed E-state index contributed by atoms with van der Waals surface area (Å²) in [6, 6.07) is 3.09. The lowest BCUT2D eigenvalue weighted by atomic mass is 10.2. The van der Waals surface area contributed by atoms with Crippen LogP contribution in [0.25, 0.3) is 0 Å². The van der Waals surface area contributed by atoms with Gasteiger partial charge in [-0.2, -0.15) is 0 Å². The minimum Gasteiger partial charge on any atom is -0.488 e. The maximum Gasteiger partial charge on any atom is 0.272 e. The summed E-state index contributed by atoms with van der Waals surface area (Å²) in [5.41, 5.74) is 0.540. The second-order valence-electron chi connectivity index (χ2n) is 5.13. The number of aromatic nitrogens is 1. The van der Waals surface area contributed by atoms with Crippen molar-refractivity contribution in [2.45, 2.75) is 25.8 Å². The highest BCUT2D eigenvalue weighted by molar-refractivity contribution is 5.89. The van der Waals surface area contributed by atoms with Crippen LogP contribution in [0.1, 0.15) is 18.5 Å². The number of pyridine rings is 1. The Balaban J connectivity index is 1.52. The number of halogens is 2. The third kappa shape index (κ3) is 2.52. The molecule has 0 spiro atoms. The van der Waals surface area contributed by atoms with E-state index in [1.165, 1.54) is 12.3 Å². The minimum absolute atomic E-state index is 0.0657. The molecule has 6 heteroatoms. The van der Waals surface area contributed by atoms with Crippen molar-refractivity contribution in [1.29, 1.82) is 0 Å². The molecule has 0 aromatic carbocycles. The molecule has 1 aromatic heterocycles. The number of carbonyl (C=O) groups excluding carboxylic acids is 1. The van der Waals surface area contributed by atoms with Gasteiger partial charge in [0.05, 0.1) is 17.7 Å². The van der Waals surface area contributed by atoms with E-state index in [2.05, 4.69) is 10.3 Å². The number of rotatable bonds is 6. The Hall–Kier alpha value is -1.72. The highest BCUT2D eigenvalue weighted by Crippen LogP contribution is 2.75. The molecule has 0 atom stereocenters. The predicted molar refractivity (Wildman–Crippen MR) is 62.7 cm³/mol. The zero-order valence-electron chi connectivity index (χ0n) is 10.2. The summed E-state index contributed by atoms with van der Waals surface area (Å²) in [6.07, 6.45) is 0.989. The normalized spacial score (nSPS) is 26.8. The number of nitrogens with zero attached hydrogens (tertiary/aromatic N) is 1. The standard InChI is InChI=1S/C13H14F2N2O2/c14-11(15)7-19-10-1-2-16-9(3-10)6-17-12(18)13-4-8(13)5-13/h1-3,8,11H,4-7H2,(H,17,18). The maximum absolute atomic E-state index is 12.0. The fourth-order valence-corrected chi connectivity index (χ4v) is 2.22. The van der Waals surface area contributed by atoms with Crippen LogP contribution in [0.5, 0.6) is 5.75 Å². The molecular formula is C13H14F2N2O2. The van der Waals surface area contributed by atoms with E-state index in [-0.39, 0.29) is 11.3 Å². The van der Waals surface area contributed by atoms with Crippen LogP contribution in [0.2, 0.25) is 0 Å². The molecule has 102 valence electrons. The Kier molecular flexibility index (Phi) is 2.88. The first kappa shape index (κ1) is 12.3. The van der Waals surface area contributed by atoms with E-state index in [1.807, 2.05) is 0 Å². The van der Waals surface area contributed by atoms with Gasteiger partial charge in [-0.05, 0) is 24.8 Å². The Morgan fingerprint density at radius 1 is 1.58 bits per heavy atom. The fraction of sp³-hybridized carbons (Fsp3) is 0.538. The molecular weight excluding hydrogens is 254 g/mol. The molecule has 0 radical (unpaired) electrons. The van der Waals surface area contributed by atoms with Crippen LogP contribution in [-0.4, -0.2) is 23.9 Å². The van der Waals surface area contributed by atoms with Crippen LogP contribution >= 0.6 is 0 Å². The molecule has 2 saturated carbocycles. The van der Waals surface area contributed by atoms with E-state index in [9.17, 15) is 13.6 Å². The van der Waals surface area contributed by atoms with Gasteiger partial charge in [0, 0.05) is 12.3 Å². The molecule has 0 unspecified atom stereocenters. The van der Waals surface area contributed by atoms with Crippen LogP contribution in [-0.2, 0) is 11.3 Å². The molecule has 4 nitrogen and oxygen atoms in total. The van der Waals surface area contributed by atoms with Crippen molar-refractivity contribution in [3.05, 3.63) is 24.0 Å². The third-order valence-electron chi connectivity index (χ3n) is 3.73. The van der Waals surface area contributed by atoms with Crippen LogP contribution in [0, 0.1) is 11.3 Å². The van der Waals surface area contributed by atoms with Gasteiger partial charge in [0.15, 0.2) is 0 Å². The molecule has 1 amide bonds. The summed E-state index contributed by atoms with van der Waals surface area (Å²) >= 11 is 0. The Bertz CT molecular complexity index is 501. The summed E-state index contributed by atoms with van der Waals surface area (Å²) in [7, 11) is 0.